The molecule has 1 heterocycles. The highest BCUT2D eigenvalue weighted by Crippen LogP contribution is 2.10. The van der Waals surface area contributed by atoms with Gasteiger partial charge in [0, 0.05) is 17.4 Å². The van der Waals surface area contributed by atoms with Gasteiger partial charge < -0.3 is 10.3 Å². The lowest BCUT2D eigenvalue weighted by molar-refractivity contribution is 0.364. The van der Waals surface area contributed by atoms with Crippen molar-refractivity contribution in [2.45, 2.75) is 52.5 Å². The van der Waals surface area contributed by atoms with E-state index in [9.17, 15) is 8.60 Å². The van der Waals surface area contributed by atoms with Crippen LogP contribution in [0.4, 0.5) is 4.39 Å². The van der Waals surface area contributed by atoms with Gasteiger partial charge in [0.25, 0.3) is 0 Å². The number of hydrogen-bond donors (Lipinski definition) is 2. The summed E-state index contributed by atoms with van der Waals surface area (Å²) in [6, 6.07) is 6.38. The van der Waals surface area contributed by atoms with Crippen LogP contribution in [0.3, 0.4) is 0 Å². The number of hydrogen-bond acceptors (Lipinski definition) is 5. The van der Waals surface area contributed by atoms with Gasteiger partial charge in [-0.2, -0.15) is 4.98 Å². The molecule has 1 aromatic carbocycles. The van der Waals surface area contributed by atoms with Crippen LogP contribution in [0.25, 0.3) is 0 Å². The number of terminal acetylenes is 1. The molecule has 2 rings (SSSR count). The molecule has 164 valence electrons. The molecule has 0 radical (unpaired) electrons. The van der Waals surface area contributed by atoms with Crippen molar-refractivity contribution in [1.29, 1.82) is 0 Å². The topological polar surface area (TPSA) is 108 Å². The zero-order chi connectivity index (χ0) is 22.9. The van der Waals surface area contributed by atoms with E-state index in [4.69, 9.17) is 15.4 Å². The third-order valence-corrected chi connectivity index (χ3v) is 4.51. The van der Waals surface area contributed by atoms with Crippen molar-refractivity contribution in [3.8, 4) is 12.8 Å². The van der Waals surface area contributed by atoms with Gasteiger partial charge in [0.05, 0.1) is 0 Å². The number of nitrogens with zero attached hydrogens (tertiary/aromatic N) is 2. The van der Waals surface area contributed by atoms with Crippen molar-refractivity contribution < 1.29 is 13.1 Å². The van der Waals surface area contributed by atoms with E-state index in [1.807, 2.05) is 12.2 Å². The molecule has 0 spiro atoms. The molecule has 2 atom stereocenters. The van der Waals surface area contributed by atoms with Gasteiger partial charge in [-0.25, -0.2) is 13.7 Å². The Balaban J connectivity index is 0.000000565. The van der Waals surface area contributed by atoms with E-state index in [-0.39, 0.29) is 11.9 Å². The Morgan fingerprint density at radius 3 is 2.50 bits per heavy atom. The maximum atomic E-state index is 13.4. The van der Waals surface area contributed by atoms with Crippen molar-refractivity contribution >= 4 is 11.0 Å². The molecule has 6 nitrogen and oxygen atoms in total. The number of aryl methyl sites for hydroxylation is 1. The molecule has 8 heteroatoms. The van der Waals surface area contributed by atoms with Crippen molar-refractivity contribution in [1.82, 2.24) is 10.1 Å². The molecule has 30 heavy (non-hydrogen) atoms. The fraction of sp³-hybridized carbons (Fsp3) is 0.364. The molecule has 0 aliphatic heterocycles. The van der Waals surface area contributed by atoms with E-state index in [1.165, 1.54) is 6.07 Å². The van der Waals surface area contributed by atoms with Crippen molar-refractivity contribution in [3.05, 3.63) is 70.5 Å². The number of allylic oxidation sites excluding steroid dienone is 4. The van der Waals surface area contributed by atoms with Crippen LogP contribution in [0.15, 0.2) is 51.9 Å². The first-order valence-corrected chi connectivity index (χ1v) is 10.6. The van der Waals surface area contributed by atoms with Gasteiger partial charge in [-0.05, 0) is 44.7 Å². The Labute approximate surface area is 181 Å². The molecule has 0 fully saturated rings. The SMILES string of the molecule is C#C.CC/C=C\C/C=C(\C)S(N)=O.Cc1noc(CC(N)Cc2ccccc2F)n1. The summed E-state index contributed by atoms with van der Waals surface area (Å²) in [6.45, 7) is 5.60. The number of halogens is 1. The molecule has 0 aliphatic carbocycles. The zero-order valence-electron chi connectivity index (χ0n) is 17.8. The molecular formula is C22H31FN4O2S. The maximum Gasteiger partial charge on any atom is 0.228 e. The second-order valence-electron chi connectivity index (χ2n) is 6.22. The van der Waals surface area contributed by atoms with E-state index in [0.29, 0.717) is 30.1 Å². The first-order valence-electron chi connectivity index (χ1n) is 9.42. The summed E-state index contributed by atoms with van der Waals surface area (Å²) in [7, 11) is -1.29. The smallest absolute Gasteiger partial charge is 0.228 e. The van der Waals surface area contributed by atoms with Crippen molar-refractivity contribution in [2.75, 3.05) is 0 Å². The number of benzene rings is 1. The Hall–Kier alpha value is -2.60. The summed E-state index contributed by atoms with van der Waals surface area (Å²) in [5.41, 5.74) is 6.53. The van der Waals surface area contributed by atoms with E-state index < -0.39 is 11.0 Å². The molecular weight excluding hydrogens is 403 g/mol. The highest BCUT2D eigenvalue weighted by atomic mass is 32.2. The lowest BCUT2D eigenvalue weighted by Crippen LogP contribution is -2.26. The summed E-state index contributed by atoms with van der Waals surface area (Å²) in [5, 5.41) is 8.81. The van der Waals surface area contributed by atoms with E-state index in [2.05, 4.69) is 36.0 Å². The summed E-state index contributed by atoms with van der Waals surface area (Å²) < 4.78 is 29.0. The average molecular weight is 435 g/mol. The van der Waals surface area contributed by atoms with Crippen LogP contribution in [0.2, 0.25) is 0 Å². The van der Waals surface area contributed by atoms with Crippen molar-refractivity contribution in [3.63, 3.8) is 0 Å². The highest BCUT2D eigenvalue weighted by Gasteiger charge is 2.12. The minimum atomic E-state index is -1.29. The molecule has 0 aliphatic rings. The van der Waals surface area contributed by atoms with E-state index in [0.717, 1.165) is 17.7 Å². The van der Waals surface area contributed by atoms with Gasteiger partial charge in [-0.3, -0.25) is 0 Å². The zero-order valence-corrected chi connectivity index (χ0v) is 18.6. The maximum absolute atomic E-state index is 13.4. The number of aromatic nitrogens is 2. The predicted molar refractivity (Wildman–Crippen MR) is 121 cm³/mol. The standard InChI is InChI=1S/C12H14FN3O.C8H15NOS.C2H2/c1-8-15-12(17-16-8)7-10(14)6-9-4-2-3-5-11(9)13;1-3-4-5-6-7-8(2)11(9)10;1-2/h2-5,10H,6-7,14H2,1H3;4-5,7H,3,6,9H2,1-2H3;1-2H/b;5-4-,8-7+;. The van der Waals surface area contributed by atoms with Crippen LogP contribution >= 0.6 is 0 Å². The second kappa shape index (κ2) is 16.2. The van der Waals surface area contributed by atoms with Crippen LogP contribution < -0.4 is 10.9 Å². The first kappa shape index (κ1) is 27.4. The summed E-state index contributed by atoms with van der Waals surface area (Å²) in [6.07, 6.45) is 16.8. The summed E-state index contributed by atoms with van der Waals surface area (Å²) >= 11 is 0. The lowest BCUT2D eigenvalue weighted by Gasteiger charge is -2.09. The molecule has 2 aromatic rings. The number of nitrogens with two attached hydrogens (primary N) is 2. The van der Waals surface area contributed by atoms with Crippen LogP contribution in [-0.2, 0) is 23.8 Å². The minimum Gasteiger partial charge on any atom is -0.339 e. The van der Waals surface area contributed by atoms with Crippen LogP contribution in [0, 0.1) is 25.6 Å². The summed E-state index contributed by atoms with van der Waals surface area (Å²) in [4.78, 5) is 4.80. The Kier molecular flexibility index (Phi) is 14.8. The third-order valence-electron chi connectivity index (χ3n) is 3.71. The predicted octanol–water partition coefficient (Wildman–Crippen LogP) is 3.75. The monoisotopic (exact) mass is 434 g/mol. The molecule has 0 saturated carbocycles. The first-order chi connectivity index (χ1) is 14.3. The molecule has 2 unspecified atom stereocenters. The third kappa shape index (κ3) is 12.1. The lowest BCUT2D eigenvalue weighted by atomic mass is 10.0. The van der Waals surface area contributed by atoms with E-state index in [1.54, 1.807) is 32.0 Å². The van der Waals surface area contributed by atoms with Gasteiger partial charge in [-0.1, -0.05) is 48.5 Å². The van der Waals surface area contributed by atoms with Crippen LogP contribution in [0.5, 0.6) is 0 Å². The Morgan fingerprint density at radius 2 is 1.97 bits per heavy atom. The molecule has 1 aromatic heterocycles. The van der Waals surface area contributed by atoms with Gasteiger partial charge in [0.15, 0.2) is 5.82 Å². The average Bonchev–Trinajstić information content (AvgIpc) is 3.13. The fourth-order valence-corrected chi connectivity index (χ4v) is 2.51. The Morgan fingerprint density at radius 1 is 1.30 bits per heavy atom. The van der Waals surface area contributed by atoms with Crippen LogP contribution in [0.1, 0.15) is 44.0 Å². The molecule has 0 saturated heterocycles. The van der Waals surface area contributed by atoms with Gasteiger partial charge in [-0.15, -0.1) is 12.8 Å². The van der Waals surface area contributed by atoms with Gasteiger partial charge in [0.2, 0.25) is 5.89 Å². The van der Waals surface area contributed by atoms with Gasteiger partial charge >= 0.3 is 0 Å². The number of rotatable bonds is 8. The Bertz CT molecular complexity index is 846. The molecule has 0 amide bonds. The fourth-order valence-electron chi connectivity index (χ4n) is 2.24. The quantitative estimate of drug-likeness (QED) is 0.486. The molecule has 4 N–H and O–H groups in total. The molecule has 0 bridgehead atoms. The van der Waals surface area contributed by atoms with Crippen LogP contribution in [-0.4, -0.2) is 20.4 Å². The largest absolute Gasteiger partial charge is 0.339 e. The minimum absolute atomic E-state index is 0.230. The normalized spacial score (nSPS) is 13.0. The second-order valence-corrected chi connectivity index (χ2v) is 7.46. The van der Waals surface area contributed by atoms with E-state index >= 15 is 0 Å². The van der Waals surface area contributed by atoms with Crippen molar-refractivity contribution in [2.24, 2.45) is 10.9 Å². The van der Waals surface area contributed by atoms with Gasteiger partial charge in [0.1, 0.15) is 16.8 Å². The summed E-state index contributed by atoms with van der Waals surface area (Å²) in [5.74, 6) is 0.842. The highest BCUT2D eigenvalue weighted by molar-refractivity contribution is 7.86.